The Hall–Kier alpha value is -1.15. The van der Waals surface area contributed by atoms with Crippen LogP contribution in [0.15, 0.2) is 23.8 Å². The van der Waals surface area contributed by atoms with E-state index in [1.54, 1.807) is 12.1 Å². The van der Waals surface area contributed by atoms with E-state index in [1.807, 2.05) is 6.92 Å². The van der Waals surface area contributed by atoms with Crippen LogP contribution in [0.3, 0.4) is 0 Å². The Balaban J connectivity index is 3.03. The molecule has 0 heterocycles. The molecule has 0 saturated carbocycles. The fraction of sp³-hybridized carbons (Fsp3) is 0.182. The van der Waals surface area contributed by atoms with Gasteiger partial charge in [0.05, 0.1) is 5.02 Å². The molecular formula is C11H10ClFO. The van der Waals surface area contributed by atoms with Crippen LogP contribution >= 0.6 is 11.6 Å². The summed E-state index contributed by atoms with van der Waals surface area (Å²) in [5.74, 6) is -0.451. The Labute approximate surface area is 87.2 Å². The van der Waals surface area contributed by atoms with E-state index in [-0.39, 0.29) is 5.02 Å². The minimum atomic E-state index is -0.451. The second-order valence-electron chi connectivity index (χ2n) is 2.86. The van der Waals surface area contributed by atoms with Gasteiger partial charge in [-0.1, -0.05) is 24.6 Å². The van der Waals surface area contributed by atoms with Crippen molar-refractivity contribution in [1.29, 1.82) is 0 Å². The number of carbonyl (C=O) groups excluding carboxylic acids is 1. The van der Waals surface area contributed by atoms with Crippen molar-refractivity contribution in [2.45, 2.75) is 13.3 Å². The van der Waals surface area contributed by atoms with Gasteiger partial charge >= 0.3 is 0 Å². The zero-order chi connectivity index (χ0) is 10.6. The topological polar surface area (TPSA) is 17.1 Å². The van der Waals surface area contributed by atoms with Gasteiger partial charge < -0.3 is 0 Å². The van der Waals surface area contributed by atoms with Crippen LogP contribution in [0, 0.1) is 5.82 Å². The summed E-state index contributed by atoms with van der Waals surface area (Å²) in [6.45, 7) is 1.88. The molecule has 0 saturated heterocycles. The molecule has 1 aromatic rings. The number of rotatable bonds is 3. The minimum absolute atomic E-state index is 0.0695. The molecule has 0 radical (unpaired) electrons. The Morgan fingerprint density at radius 2 is 2.29 bits per heavy atom. The van der Waals surface area contributed by atoms with Crippen molar-refractivity contribution in [1.82, 2.24) is 0 Å². The molecule has 0 aromatic heterocycles. The van der Waals surface area contributed by atoms with Crippen LogP contribution in [0.4, 0.5) is 4.39 Å². The number of aldehydes is 1. The average Bonchev–Trinajstić information content (AvgIpc) is 2.19. The Bertz CT molecular complexity index is 372. The zero-order valence-electron chi connectivity index (χ0n) is 7.76. The van der Waals surface area contributed by atoms with Crippen LogP contribution < -0.4 is 0 Å². The third kappa shape index (κ3) is 2.67. The Morgan fingerprint density at radius 3 is 2.79 bits per heavy atom. The lowest BCUT2D eigenvalue weighted by atomic mass is 10.1. The highest BCUT2D eigenvalue weighted by Gasteiger charge is 1.99. The van der Waals surface area contributed by atoms with Gasteiger partial charge in [0.2, 0.25) is 0 Å². The molecule has 0 N–H and O–H groups in total. The van der Waals surface area contributed by atoms with Crippen molar-refractivity contribution >= 4 is 24.0 Å². The number of halogens is 2. The molecule has 0 bridgehead atoms. The van der Waals surface area contributed by atoms with Crippen molar-refractivity contribution in [2.75, 3.05) is 0 Å². The SMILES string of the molecule is CC/C(C=O)=C/c1ccc(F)c(Cl)c1. The lowest BCUT2D eigenvalue weighted by Gasteiger charge is -1.98. The third-order valence-electron chi connectivity index (χ3n) is 1.86. The van der Waals surface area contributed by atoms with E-state index >= 15 is 0 Å². The normalized spacial score (nSPS) is 11.5. The summed E-state index contributed by atoms with van der Waals surface area (Å²) in [5, 5.41) is 0.0695. The molecule has 1 aromatic carbocycles. The maximum atomic E-state index is 12.8. The van der Waals surface area contributed by atoms with E-state index in [4.69, 9.17) is 11.6 Å². The lowest BCUT2D eigenvalue weighted by molar-refractivity contribution is -0.104. The maximum Gasteiger partial charge on any atom is 0.146 e. The average molecular weight is 213 g/mol. The molecular weight excluding hydrogens is 203 g/mol. The van der Waals surface area contributed by atoms with Gasteiger partial charge in [-0.3, -0.25) is 4.79 Å². The fourth-order valence-corrected chi connectivity index (χ4v) is 1.22. The van der Waals surface area contributed by atoms with E-state index in [2.05, 4.69) is 0 Å². The Morgan fingerprint density at radius 1 is 1.57 bits per heavy atom. The molecule has 0 aliphatic heterocycles. The van der Waals surface area contributed by atoms with Gasteiger partial charge in [0.25, 0.3) is 0 Å². The first-order valence-electron chi connectivity index (χ1n) is 4.28. The van der Waals surface area contributed by atoms with E-state index in [0.717, 1.165) is 11.8 Å². The number of hydrogen-bond acceptors (Lipinski definition) is 1. The summed E-state index contributed by atoms with van der Waals surface area (Å²) in [6.07, 6.45) is 3.13. The van der Waals surface area contributed by atoms with Crippen molar-refractivity contribution in [2.24, 2.45) is 0 Å². The number of hydrogen-bond donors (Lipinski definition) is 0. The Kier molecular flexibility index (Phi) is 3.84. The summed E-state index contributed by atoms with van der Waals surface area (Å²) in [5.41, 5.74) is 1.40. The monoisotopic (exact) mass is 212 g/mol. The zero-order valence-corrected chi connectivity index (χ0v) is 8.51. The van der Waals surface area contributed by atoms with Gasteiger partial charge in [0.15, 0.2) is 0 Å². The van der Waals surface area contributed by atoms with Crippen molar-refractivity contribution < 1.29 is 9.18 Å². The molecule has 14 heavy (non-hydrogen) atoms. The van der Waals surface area contributed by atoms with Gasteiger partial charge in [-0.25, -0.2) is 4.39 Å². The van der Waals surface area contributed by atoms with Crippen molar-refractivity contribution in [3.63, 3.8) is 0 Å². The molecule has 0 fully saturated rings. The highest BCUT2D eigenvalue weighted by molar-refractivity contribution is 6.30. The van der Waals surface area contributed by atoms with E-state index in [0.29, 0.717) is 12.0 Å². The second-order valence-corrected chi connectivity index (χ2v) is 3.27. The third-order valence-corrected chi connectivity index (χ3v) is 2.14. The summed E-state index contributed by atoms with van der Waals surface area (Å²) in [6, 6.07) is 4.36. The quantitative estimate of drug-likeness (QED) is 0.554. The van der Waals surface area contributed by atoms with E-state index in [9.17, 15) is 9.18 Å². The predicted octanol–water partition coefficient (Wildman–Crippen LogP) is 3.47. The van der Waals surface area contributed by atoms with Crippen LogP contribution in [0.1, 0.15) is 18.9 Å². The van der Waals surface area contributed by atoms with Gasteiger partial charge in [0.1, 0.15) is 12.1 Å². The summed E-state index contributed by atoms with van der Waals surface area (Å²) in [7, 11) is 0. The molecule has 0 aliphatic carbocycles. The first-order valence-corrected chi connectivity index (χ1v) is 4.66. The standard InChI is InChI=1S/C11H10ClFO/c1-2-8(7-14)5-9-3-4-11(13)10(12)6-9/h3-7H,2H2,1H3/b8-5-. The van der Waals surface area contributed by atoms with Gasteiger partial charge in [-0.15, -0.1) is 0 Å². The number of carbonyl (C=O) groups is 1. The largest absolute Gasteiger partial charge is 0.298 e. The summed E-state index contributed by atoms with van der Waals surface area (Å²) >= 11 is 5.59. The number of allylic oxidation sites excluding steroid dienone is 1. The molecule has 0 unspecified atom stereocenters. The van der Waals surface area contributed by atoms with Crippen LogP contribution in [0.25, 0.3) is 6.08 Å². The highest BCUT2D eigenvalue weighted by Crippen LogP contribution is 2.18. The molecule has 1 rings (SSSR count). The van der Waals surface area contributed by atoms with Gasteiger partial charge in [-0.2, -0.15) is 0 Å². The van der Waals surface area contributed by atoms with Crippen LogP contribution in [-0.2, 0) is 4.79 Å². The summed E-state index contributed by atoms with van der Waals surface area (Å²) in [4.78, 5) is 10.5. The van der Waals surface area contributed by atoms with Crippen LogP contribution in [0.2, 0.25) is 5.02 Å². The smallest absolute Gasteiger partial charge is 0.146 e. The van der Waals surface area contributed by atoms with E-state index in [1.165, 1.54) is 12.1 Å². The predicted molar refractivity (Wildman–Crippen MR) is 55.7 cm³/mol. The first-order chi connectivity index (χ1) is 6.67. The highest BCUT2D eigenvalue weighted by atomic mass is 35.5. The van der Waals surface area contributed by atoms with E-state index < -0.39 is 5.82 Å². The van der Waals surface area contributed by atoms with Crippen molar-refractivity contribution in [3.8, 4) is 0 Å². The fourth-order valence-electron chi connectivity index (χ4n) is 1.04. The molecule has 3 heteroatoms. The minimum Gasteiger partial charge on any atom is -0.298 e. The first kappa shape index (κ1) is 10.9. The molecule has 0 spiro atoms. The molecule has 74 valence electrons. The molecule has 0 atom stereocenters. The lowest BCUT2D eigenvalue weighted by Crippen LogP contribution is -1.83. The molecule has 1 nitrogen and oxygen atoms in total. The molecule has 0 aliphatic rings. The van der Waals surface area contributed by atoms with Crippen LogP contribution in [-0.4, -0.2) is 6.29 Å². The number of benzene rings is 1. The van der Waals surface area contributed by atoms with Gasteiger partial charge in [0, 0.05) is 0 Å². The van der Waals surface area contributed by atoms with Crippen molar-refractivity contribution in [3.05, 3.63) is 40.2 Å². The summed E-state index contributed by atoms with van der Waals surface area (Å²) < 4.78 is 12.8. The second kappa shape index (κ2) is 4.91. The van der Waals surface area contributed by atoms with Crippen LogP contribution in [0.5, 0.6) is 0 Å². The molecule has 0 amide bonds. The maximum absolute atomic E-state index is 12.8. The van der Waals surface area contributed by atoms with Gasteiger partial charge in [-0.05, 0) is 35.8 Å².